The third-order valence-electron chi connectivity index (χ3n) is 4.41. The largest absolute Gasteiger partial charge is 0.316 e. The number of anilines is 2. The van der Waals surface area contributed by atoms with E-state index in [-0.39, 0.29) is 5.41 Å². The number of aromatic nitrogens is 6. The van der Waals surface area contributed by atoms with E-state index >= 15 is 0 Å². The molecule has 0 atom stereocenters. The fourth-order valence-corrected chi connectivity index (χ4v) is 3.49. The SMILES string of the molecule is Cc1cn(-c2ccc(-c3csc(Nc4cc(C(C)(C)C)nn4C)n3)cn2)cn1. The zero-order valence-corrected chi connectivity index (χ0v) is 17.4. The van der Waals surface area contributed by atoms with Gasteiger partial charge in [-0.2, -0.15) is 5.10 Å². The molecule has 0 unspecified atom stereocenters. The lowest BCUT2D eigenvalue weighted by Crippen LogP contribution is -2.12. The topological polar surface area (TPSA) is 73.5 Å². The number of rotatable bonds is 4. The highest BCUT2D eigenvalue weighted by atomic mass is 32.1. The molecule has 0 radical (unpaired) electrons. The van der Waals surface area contributed by atoms with Crippen LogP contribution in [0.1, 0.15) is 32.2 Å². The van der Waals surface area contributed by atoms with Crippen molar-refractivity contribution < 1.29 is 0 Å². The molecule has 4 aromatic rings. The first kappa shape index (κ1) is 18.4. The zero-order chi connectivity index (χ0) is 19.9. The molecule has 8 heteroatoms. The lowest BCUT2D eigenvalue weighted by Gasteiger charge is -2.13. The summed E-state index contributed by atoms with van der Waals surface area (Å²) in [6.45, 7) is 8.43. The second-order valence-electron chi connectivity index (χ2n) is 7.78. The molecular weight excluding hydrogens is 370 g/mol. The molecular formula is C20H23N7S. The number of hydrogen-bond donors (Lipinski definition) is 1. The fraction of sp³-hybridized carbons (Fsp3) is 0.300. The van der Waals surface area contributed by atoms with E-state index in [1.54, 1.807) is 17.7 Å². The Kier molecular flexibility index (Phi) is 4.50. The average molecular weight is 394 g/mol. The Balaban J connectivity index is 1.52. The highest BCUT2D eigenvalue weighted by molar-refractivity contribution is 7.14. The van der Waals surface area contributed by atoms with E-state index in [9.17, 15) is 0 Å². The van der Waals surface area contributed by atoms with Gasteiger partial charge in [-0.3, -0.25) is 9.25 Å². The normalized spacial score (nSPS) is 11.8. The van der Waals surface area contributed by atoms with E-state index in [0.29, 0.717) is 0 Å². The van der Waals surface area contributed by atoms with E-state index in [4.69, 9.17) is 4.98 Å². The third-order valence-corrected chi connectivity index (χ3v) is 5.17. The summed E-state index contributed by atoms with van der Waals surface area (Å²) >= 11 is 1.56. The zero-order valence-electron chi connectivity index (χ0n) is 16.6. The molecule has 4 aromatic heterocycles. The number of aryl methyl sites for hydroxylation is 2. The Morgan fingerprint density at radius 2 is 1.96 bits per heavy atom. The minimum absolute atomic E-state index is 0.00687. The summed E-state index contributed by atoms with van der Waals surface area (Å²) in [6.07, 6.45) is 5.56. The Hall–Kier alpha value is -3.00. The van der Waals surface area contributed by atoms with Gasteiger partial charge in [-0.1, -0.05) is 20.8 Å². The van der Waals surface area contributed by atoms with Crippen molar-refractivity contribution in [1.29, 1.82) is 0 Å². The maximum absolute atomic E-state index is 4.70. The van der Waals surface area contributed by atoms with Crippen LogP contribution in [0.5, 0.6) is 0 Å². The van der Waals surface area contributed by atoms with Crippen molar-refractivity contribution in [2.45, 2.75) is 33.1 Å². The van der Waals surface area contributed by atoms with Crippen LogP contribution in [0.2, 0.25) is 0 Å². The van der Waals surface area contributed by atoms with Gasteiger partial charge in [-0.25, -0.2) is 15.0 Å². The predicted octanol–water partition coefficient (Wildman–Crippen LogP) is 4.47. The van der Waals surface area contributed by atoms with Gasteiger partial charge in [-0.05, 0) is 19.1 Å². The molecule has 0 aliphatic rings. The maximum Gasteiger partial charge on any atom is 0.188 e. The lowest BCUT2D eigenvalue weighted by molar-refractivity contribution is 0.553. The quantitative estimate of drug-likeness (QED) is 0.554. The molecule has 4 rings (SSSR count). The van der Waals surface area contributed by atoms with Crippen LogP contribution in [0.4, 0.5) is 10.9 Å². The van der Waals surface area contributed by atoms with Crippen molar-refractivity contribution in [3.63, 3.8) is 0 Å². The number of nitrogens with zero attached hydrogens (tertiary/aromatic N) is 6. The van der Waals surface area contributed by atoms with Crippen molar-refractivity contribution in [1.82, 2.24) is 29.3 Å². The van der Waals surface area contributed by atoms with Gasteiger partial charge in [0.05, 0.1) is 17.1 Å². The lowest BCUT2D eigenvalue weighted by atomic mass is 9.92. The highest BCUT2D eigenvalue weighted by Gasteiger charge is 2.19. The first-order valence-electron chi connectivity index (χ1n) is 9.04. The Morgan fingerprint density at radius 1 is 1.14 bits per heavy atom. The monoisotopic (exact) mass is 393 g/mol. The summed E-state index contributed by atoms with van der Waals surface area (Å²) in [5, 5.41) is 10.8. The van der Waals surface area contributed by atoms with Gasteiger partial charge in [0.2, 0.25) is 0 Å². The molecule has 0 bridgehead atoms. The molecule has 0 spiro atoms. The molecule has 4 heterocycles. The average Bonchev–Trinajstić information content (AvgIpc) is 3.36. The van der Waals surface area contributed by atoms with Crippen molar-refractivity contribution in [2.24, 2.45) is 7.05 Å². The van der Waals surface area contributed by atoms with Crippen LogP contribution < -0.4 is 5.32 Å². The highest BCUT2D eigenvalue weighted by Crippen LogP contribution is 2.29. The standard InChI is InChI=1S/C20H23N7S/c1-13-10-27(12-22-13)17-7-6-14(9-21-17)15-11-28-19(23-15)24-18-8-16(20(2,3)4)25-26(18)5/h6-12H,1-5H3,(H,23,24). The third kappa shape index (κ3) is 3.68. The summed E-state index contributed by atoms with van der Waals surface area (Å²) in [5.74, 6) is 1.76. The first-order valence-corrected chi connectivity index (χ1v) is 9.92. The van der Waals surface area contributed by atoms with Crippen LogP contribution in [0.15, 0.2) is 42.3 Å². The summed E-state index contributed by atoms with van der Waals surface area (Å²) in [5.41, 5.74) is 3.89. The molecule has 0 saturated carbocycles. The van der Waals surface area contributed by atoms with Gasteiger partial charge in [0.1, 0.15) is 18.0 Å². The molecule has 0 aliphatic carbocycles. The van der Waals surface area contributed by atoms with Crippen molar-refractivity contribution in [2.75, 3.05) is 5.32 Å². The molecule has 1 N–H and O–H groups in total. The van der Waals surface area contributed by atoms with Gasteiger partial charge in [-0.15, -0.1) is 11.3 Å². The van der Waals surface area contributed by atoms with Crippen LogP contribution in [0.3, 0.4) is 0 Å². The Bertz CT molecular complexity index is 1100. The fourth-order valence-electron chi connectivity index (χ4n) is 2.76. The molecule has 0 saturated heterocycles. The van der Waals surface area contributed by atoms with E-state index < -0.39 is 0 Å². The minimum Gasteiger partial charge on any atom is -0.316 e. The molecule has 28 heavy (non-hydrogen) atoms. The Morgan fingerprint density at radius 3 is 2.57 bits per heavy atom. The van der Waals surface area contributed by atoms with Crippen molar-refractivity contribution in [3.05, 3.63) is 53.7 Å². The van der Waals surface area contributed by atoms with E-state index in [1.165, 1.54) is 0 Å². The smallest absolute Gasteiger partial charge is 0.188 e. The second kappa shape index (κ2) is 6.87. The number of imidazole rings is 1. The maximum atomic E-state index is 4.70. The van der Waals surface area contributed by atoms with Crippen LogP contribution >= 0.6 is 11.3 Å². The van der Waals surface area contributed by atoms with Gasteiger partial charge in [0, 0.05) is 41.9 Å². The van der Waals surface area contributed by atoms with Gasteiger partial charge >= 0.3 is 0 Å². The van der Waals surface area contributed by atoms with Crippen molar-refractivity contribution >= 4 is 22.3 Å². The molecule has 0 fully saturated rings. The van der Waals surface area contributed by atoms with E-state index in [0.717, 1.165) is 39.4 Å². The molecule has 0 aromatic carbocycles. The molecule has 0 aliphatic heterocycles. The van der Waals surface area contributed by atoms with E-state index in [2.05, 4.69) is 47.2 Å². The predicted molar refractivity (Wildman–Crippen MR) is 112 cm³/mol. The van der Waals surface area contributed by atoms with Crippen LogP contribution in [-0.4, -0.2) is 29.3 Å². The van der Waals surface area contributed by atoms with Gasteiger partial charge in [0.15, 0.2) is 5.13 Å². The molecule has 7 nitrogen and oxygen atoms in total. The summed E-state index contributed by atoms with van der Waals surface area (Å²) in [4.78, 5) is 13.5. The minimum atomic E-state index is 0.00687. The number of thiazole rings is 1. The summed E-state index contributed by atoms with van der Waals surface area (Å²) in [6, 6.07) is 6.07. The van der Waals surface area contributed by atoms with Gasteiger partial charge < -0.3 is 5.32 Å². The molecule has 0 amide bonds. The van der Waals surface area contributed by atoms with Crippen LogP contribution in [-0.2, 0) is 12.5 Å². The van der Waals surface area contributed by atoms with E-state index in [1.807, 2.05) is 53.1 Å². The number of nitrogens with one attached hydrogen (secondary N) is 1. The van der Waals surface area contributed by atoms with Gasteiger partial charge in [0.25, 0.3) is 0 Å². The van der Waals surface area contributed by atoms with Crippen molar-refractivity contribution in [3.8, 4) is 17.1 Å². The summed E-state index contributed by atoms with van der Waals surface area (Å²) in [7, 11) is 1.94. The van der Waals surface area contributed by atoms with Crippen LogP contribution in [0.25, 0.3) is 17.1 Å². The molecule has 144 valence electrons. The number of pyridine rings is 1. The number of hydrogen-bond acceptors (Lipinski definition) is 6. The second-order valence-corrected chi connectivity index (χ2v) is 8.64. The Labute approximate surface area is 168 Å². The summed E-state index contributed by atoms with van der Waals surface area (Å²) < 4.78 is 3.76. The van der Waals surface area contributed by atoms with Crippen LogP contribution in [0, 0.1) is 6.92 Å². The first-order chi connectivity index (χ1) is 13.3.